The van der Waals surface area contributed by atoms with Crippen LogP contribution in [-0.2, 0) is 11.3 Å². The van der Waals surface area contributed by atoms with Gasteiger partial charge in [-0.05, 0) is 36.4 Å². The van der Waals surface area contributed by atoms with Crippen molar-refractivity contribution in [2.45, 2.75) is 6.54 Å². The van der Waals surface area contributed by atoms with Crippen LogP contribution in [0, 0.1) is 0 Å². The van der Waals surface area contributed by atoms with E-state index in [-0.39, 0.29) is 18.4 Å². The lowest BCUT2D eigenvalue weighted by Gasteiger charge is -2.12. The average Bonchev–Trinajstić information content (AvgIpc) is 2.72. The second-order valence-corrected chi connectivity index (χ2v) is 5.70. The number of carbonyl (C=O) groups is 2. The van der Waals surface area contributed by atoms with Gasteiger partial charge in [-0.15, -0.1) is 0 Å². The Hall–Kier alpha value is -3.67. The van der Waals surface area contributed by atoms with Gasteiger partial charge in [0.2, 0.25) is 0 Å². The Bertz CT molecular complexity index is 899. The van der Waals surface area contributed by atoms with Gasteiger partial charge in [-0.3, -0.25) is 14.6 Å². The molecule has 2 amide bonds. The van der Waals surface area contributed by atoms with Crippen molar-refractivity contribution in [3.8, 4) is 5.75 Å². The molecular formula is C21H19N3O3. The minimum absolute atomic E-state index is 0.195. The highest BCUT2D eigenvalue weighted by Gasteiger charge is 2.13. The van der Waals surface area contributed by atoms with Crippen LogP contribution in [0.5, 0.6) is 5.75 Å². The molecule has 0 spiro atoms. The number of carbonyl (C=O) groups excluding carboxylic acids is 2. The van der Waals surface area contributed by atoms with Crippen molar-refractivity contribution in [3.05, 3.63) is 90.3 Å². The Balaban J connectivity index is 1.58. The third-order valence-corrected chi connectivity index (χ3v) is 3.70. The molecule has 0 bridgehead atoms. The van der Waals surface area contributed by atoms with Crippen LogP contribution < -0.4 is 15.4 Å². The summed E-state index contributed by atoms with van der Waals surface area (Å²) in [4.78, 5) is 28.7. The van der Waals surface area contributed by atoms with Gasteiger partial charge in [0.15, 0.2) is 6.61 Å². The van der Waals surface area contributed by atoms with Crippen molar-refractivity contribution < 1.29 is 14.3 Å². The molecule has 0 aliphatic heterocycles. The van der Waals surface area contributed by atoms with E-state index >= 15 is 0 Å². The van der Waals surface area contributed by atoms with Gasteiger partial charge >= 0.3 is 0 Å². The van der Waals surface area contributed by atoms with E-state index in [4.69, 9.17) is 4.74 Å². The molecule has 6 heteroatoms. The quantitative estimate of drug-likeness (QED) is 0.678. The van der Waals surface area contributed by atoms with E-state index < -0.39 is 0 Å². The molecule has 2 N–H and O–H groups in total. The van der Waals surface area contributed by atoms with Crippen molar-refractivity contribution >= 4 is 17.5 Å². The van der Waals surface area contributed by atoms with Crippen molar-refractivity contribution in [2.75, 3.05) is 11.9 Å². The molecular weight excluding hydrogens is 342 g/mol. The minimum Gasteiger partial charge on any atom is -0.483 e. The van der Waals surface area contributed by atoms with Gasteiger partial charge < -0.3 is 15.4 Å². The number of ether oxygens (including phenoxy) is 1. The van der Waals surface area contributed by atoms with Gasteiger partial charge in [-0.2, -0.15) is 0 Å². The summed E-state index contributed by atoms with van der Waals surface area (Å²) in [6.07, 6.45) is 1.67. The lowest BCUT2D eigenvalue weighted by atomic mass is 10.2. The molecule has 6 nitrogen and oxygen atoms in total. The molecule has 0 aliphatic rings. The Morgan fingerprint density at radius 3 is 2.41 bits per heavy atom. The summed E-state index contributed by atoms with van der Waals surface area (Å²) in [5.74, 6) is -0.246. The van der Waals surface area contributed by atoms with E-state index in [0.29, 0.717) is 23.5 Å². The van der Waals surface area contributed by atoms with Crippen LogP contribution in [0.1, 0.15) is 16.1 Å². The molecule has 136 valence electrons. The van der Waals surface area contributed by atoms with Crippen LogP contribution in [0.25, 0.3) is 0 Å². The number of nitrogens with one attached hydrogen (secondary N) is 2. The van der Waals surface area contributed by atoms with Crippen LogP contribution in [0.3, 0.4) is 0 Å². The van der Waals surface area contributed by atoms with Crippen LogP contribution >= 0.6 is 0 Å². The number of aromatic nitrogens is 1. The maximum Gasteiger partial charge on any atom is 0.262 e. The molecule has 0 unspecified atom stereocenters. The van der Waals surface area contributed by atoms with E-state index in [2.05, 4.69) is 15.6 Å². The fourth-order valence-corrected chi connectivity index (χ4v) is 2.41. The highest BCUT2D eigenvalue weighted by atomic mass is 16.5. The van der Waals surface area contributed by atoms with Crippen LogP contribution in [0.15, 0.2) is 79.0 Å². The van der Waals surface area contributed by atoms with Gasteiger partial charge in [0, 0.05) is 11.9 Å². The molecule has 0 saturated carbocycles. The normalized spacial score (nSPS) is 10.1. The first-order valence-electron chi connectivity index (χ1n) is 8.47. The Morgan fingerprint density at radius 1 is 0.889 bits per heavy atom. The first kappa shape index (κ1) is 18.1. The van der Waals surface area contributed by atoms with Gasteiger partial charge in [0.1, 0.15) is 5.75 Å². The van der Waals surface area contributed by atoms with Crippen LogP contribution in [-0.4, -0.2) is 23.4 Å². The second-order valence-electron chi connectivity index (χ2n) is 5.70. The summed E-state index contributed by atoms with van der Waals surface area (Å²) in [6.45, 7) is 0.113. The maximum atomic E-state index is 12.5. The van der Waals surface area contributed by atoms with E-state index in [9.17, 15) is 9.59 Å². The zero-order chi connectivity index (χ0) is 18.9. The molecule has 0 aliphatic carbocycles. The van der Waals surface area contributed by atoms with Gasteiger partial charge in [-0.25, -0.2) is 0 Å². The number of rotatable bonds is 7. The number of hydrogen-bond acceptors (Lipinski definition) is 4. The molecule has 2 aromatic carbocycles. The van der Waals surface area contributed by atoms with Crippen molar-refractivity contribution in [2.24, 2.45) is 0 Å². The zero-order valence-corrected chi connectivity index (χ0v) is 14.6. The number of pyridine rings is 1. The highest BCUT2D eigenvalue weighted by Crippen LogP contribution is 2.18. The third kappa shape index (κ3) is 5.40. The molecule has 3 aromatic rings. The van der Waals surface area contributed by atoms with Crippen molar-refractivity contribution in [1.29, 1.82) is 0 Å². The number of para-hydroxylation sites is 2. The highest BCUT2D eigenvalue weighted by molar-refractivity contribution is 5.97. The summed E-state index contributed by atoms with van der Waals surface area (Å²) in [5, 5.41) is 5.54. The maximum absolute atomic E-state index is 12.5. The summed E-state index contributed by atoms with van der Waals surface area (Å²) < 4.78 is 5.56. The Morgan fingerprint density at radius 2 is 1.63 bits per heavy atom. The van der Waals surface area contributed by atoms with Crippen LogP contribution in [0.2, 0.25) is 0 Å². The molecule has 3 rings (SSSR count). The first-order valence-corrected chi connectivity index (χ1v) is 8.47. The van der Waals surface area contributed by atoms with Gasteiger partial charge in [0.25, 0.3) is 11.8 Å². The summed E-state index contributed by atoms with van der Waals surface area (Å²) in [5.41, 5.74) is 1.81. The molecule has 0 radical (unpaired) electrons. The minimum atomic E-state index is -0.301. The number of anilines is 1. The van der Waals surface area contributed by atoms with Gasteiger partial charge in [0.05, 0.1) is 17.8 Å². The summed E-state index contributed by atoms with van der Waals surface area (Å²) in [7, 11) is 0. The van der Waals surface area contributed by atoms with E-state index in [1.54, 1.807) is 42.6 Å². The molecule has 0 saturated heterocycles. The monoisotopic (exact) mass is 361 g/mol. The Labute approximate surface area is 157 Å². The zero-order valence-electron chi connectivity index (χ0n) is 14.6. The van der Waals surface area contributed by atoms with Gasteiger partial charge in [-0.1, -0.05) is 36.4 Å². The van der Waals surface area contributed by atoms with E-state index in [1.807, 2.05) is 36.4 Å². The lowest BCUT2D eigenvalue weighted by molar-refractivity contribution is -0.118. The molecule has 0 atom stereocenters. The molecule has 27 heavy (non-hydrogen) atoms. The van der Waals surface area contributed by atoms with Crippen molar-refractivity contribution in [1.82, 2.24) is 10.3 Å². The smallest absolute Gasteiger partial charge is 0.262 e. The number of nitrogens with zero attached hydrogens (tertiary/aromatic N) is 1. The van der Waals surface area contributed by atoms with Crippen LogP contribution in [0.4, 0.5) is 5.69 Å². The number of hydrogen-bond donors (Lipinski definition) is 2. The number of amides is 2. The SMILES string of the molecule is O=C(COc1ccccc1C(=O)NCc1ccccn1)Nc1ccccc1. The second kappa shape index (κ2) is 9.15. The largest absolute Gasteiger partial charge is 0.483 e. The molecule has 1 aromatic heterocycles. The van der Waals surface area contributed by atoms with Crippen molar-refractivity contribution in [3.63, 3.8) is 0 Å². The van der Waals surface area contributed by atoms with E-state index in [0.717, 1.165) is 5.69 Å². The summed E-state index contributed by atoms with van der Waals surface area (Å²) in [6, 6.07) is 21.4. The predicted molar refractivity (Wildman–Crippen MR) is 102 cm³/mol. The standard InChI is InChI=1S/C21H19N3O3/c25-20(24-16-8-2-1-3-9-16)15-27-19-12-5-4-11-18(19)21(26)23-14-17-10-6-7-13-22-17/h1-13H,14-15H2,(H,23,26)(H,24,25). The molecule has 0 fully saturated rings. The first-order chi connectivity index (χ1) is 13.2. The topological polar surface area (TPSA) is 80.3 Å². The Kier molecular flexibility index (Phi) is 6.14. The average molecular weight is 361 g/mol. The fourth-order valence-electron chi connectivity index (χ4n) is 2.41. The fraction of sp³-hybridized carbons (Fsp3) is 0.0952. The number of benzene rings is 2. The summed E-state index contributed by atoms with van der Waals surface area (Å²) >= 11 is 0. The molecule has 1 heterocycles. The lowest BCUT2D eigenvalue weighted by Crippen LogP contribution is -2.25. The van der Waals surface area contributed by atoms with E-state index in [1.165, 1.54) is 0 Å². The third-order valence-electron chi connectivity index (χ3n) is 3.70. The predicted octanol–water partition coefficient (Wildman–Crippen LogP) is 3.03.